The standard InChI is InChI=1S/C15H24N2O/c1-12-10-17(11-15(2,3)18-12)9-8-13-4-6-14(16)7-5-13/h4-7,12H,8-11,16H2,1-3H3. The fourth-order valence-corrected chi connectivity index (χ4v) is 2.73. The van der Waals surface area contributed by atoms with Crippen molar-refractivity contribution in [2.75, 3.05) is 25.4 Å². The average molecular weight is 248 g/mol. The van der Waals surface area contributed by atoms with Gasteiger partial charge in [0.1, 0.15) is 0 Å². The van der Waals surface area contributed by atoms with Gasteiger partial charge >= 0.3 is 0 Å². The zero-order chi connectivity index (χ0) is 13.2. The van der Waals surface area contributed by atoms with Crippen LogP contribution in [0, 0.1) is 0 Å². The van der Waals surface area contributed by atoms with Crippen molar-refractivity contribution in [1.82, 2.24) is 4.90 Å². The minimum atomic E-state index is -0.0290. The molecule has 1 aliphatic rings. The molecule has 1 atom stereocenters. The molecule has 1 aliphatic heterocycles. The van der Waals surface area contributed by atoms with Gasteiger partial charge in [-0.1, -0.05) is 12.1 Å². The van der Waals surface area contributed by atoms with Crippen molar-refractivity contribution >= 4 is 5.69 Å². The summed E-state index contributed by atoms with van der Waals surface area (Å²) in [5.41, 5.74) is 7.84. The number of morpholine rings is 1. The number of nitrogen functional groups attached to an aromatic ring is 1. The zero-order valence-electron chi connectivity index (χ0n) is 11.6. The number of ether oxygens (including phenoxy) is 1. The zero-order valence-corrected chi connectivity index (χ0v) is 11.6. The molecule has 2 N–H and O–H groups in total. The van der Waals surface area contributed by atoms with Gasteiger partial charge in [-0.3, -0.25) is 4.90 Å². The van der Waals surface area contributed by atoms with Gasteiger partial charge in [-0.25, -0.2) is 0 Å². The molecular formula is C15H24N2O. The third-order valence-electron chi connectivity index (χ3n) is 3.34. The van der Waals surface area contributed by atoms with Crippen LogP contribution in [-0.2, 0) is 11.2 Å². The topological polar surface area (TPSA) is 38.5 Å². The maximum Gasteiger partial charge on any atom is 0.0757 e. The SMILES string of the molecule is CC1CN(CCc2ccc(N)cc2)CC(C)(C)O1. The lowest BCUT2D eigenvalue weighted by molar-refractivity contribution is -0.128. The predicted octanol–water partition coefficient (Wildman–Crippen LogP) is 2.31. The first-order valence-corrected chi connectivity index (χ1v) is 6.69. The number of hydrogen-bond acceptors (Lipinski definition) is 3. The fourth-order valence-electron chi connectivity index (χ4n) is 2.73. The Balaban J connectivity index is 1.88. The molecule has 0 radical (unpaired) electrons. The van der Waals surface area contributed by atoms with Gasteiger partial charge < -0.3 is 10.5 Å². The summed E-state index contributed by atoms with van der Waals surface area (Å²) < 4.78 is 5.91. The van der Waals surface area contributed by atoms with E-state index < -0.39 is 0 Å². The number of benzene rings is 1. The second-order valence-electron chi connectivity index (χ2n) is 5.91. The number of hydrogen-bond donors (Lipinski definition) is 1. The van der Waals surface area contributed by atoms with Gasteiger partial charge in [0.15, 0.2) is 0 Å². The summed E-state index contributed by atoms with van der Waals surface area (Å²) >= 11 is 0. The van der Waals surface area contributed by atoms with Gasteiger partial charge in [0.05, 0.1) is 11.7 Å². The third kappa shape index (κ3) is 3.72. The molecule has 100 valence electrons. The van der Waals surface area contributed by atoms with Crippen LogP contribution in [0.1, 0.15) is 26.3 Å². The molecule has 0 bridgehead atoms. The van der Waals surface area contributed by atoms with Crippen LogP contribution in [-0.4, -0.2) is 36.2 Å². The molecule has 1 aromatic rings. The summed E-state index contributed by atoms with van der Waals surface area (Å²) in [4.78, 5) is 2.49. The van der Waals surface area contributed by atoms with Crippen LogP contribution in [0.4, 0.5) is 5.69 Å². The molecule has 3 nitrogen and oxygen atoms in total. The third-order valence-corrected chi connectivity index (χ3v) is 3.34. The predicted molar refractivity (Wildman–Crippen MR) is 75.6 cm³/mol. The van der Waals surface area contributed by atoms with Crippen LogP contribution < -0.4 is 5.73 Å². The van der Waals surface area contributed by atoms with Gasteiger partial charge in [0.25, 0.3) is 0 Å². The molecule has 0 aromatic heterocycles. The highest BCUT2D eigenvalue weighted by Crippen LogP contribution is 2.20. The Kier molecular flexibility index (Phi) is 3.93. The van der Waals surface area contributed by atoms with E-state index in [-0.39, 0.29) is 5.60 Å². The average Bonchev–Trinajstić information content (AvgIpc) is 2.25. The second kappa shape index (κ2) is 5.29. The normalized spacial score (nSPS) is 24.1. The molecule has 3 heteroatoms. The first kappa shape index (κ1) is 13.4. The molecule has 1 saturated heterocycles. The van der Waals surface area contributed by atoms with Crippen LogP contribution in [0.3, 0.4) is 0 Å². The van der Waals surface area contributed by atoms with E-state index in [1.807, 2.05) is 12.1 Å². The Labute approximate surface area is 110 Å². The smallest absolute Gasteiger partial charge is 0.0757 e. The first-order valence-electron chi connectivity index (χ1n) is 6.69. The Morgan fingerprint density at radius 2 is 2.00 bits per heavy atom. The Morgan fingerprint density at radius 3 is 2.61 bits per heavy atom. The highest BCUT2D eigenvalue weighted by Gasteiger charge is 2.30. The van der Waals surface area contributed by atoms with Crippen molar-refractivity contribution in [2.45, 2.75) is 38.9 Å². The van der Waals surface area contributed by atoms with Crippen LogP contribution in [0.5, 0.6) is 0 Å². The molecule has 2 rings (SSSR count). The first-order chi connectivity index (χ1) is 8.44. The van der Waals surface area contributed by atoms with Gasteiger partial charge in [-0.2, -0.15) is 0 Å². The van der Waals surface area contributed by atoms with E-state index in [9.17, 15) is 0 Å². The highest BCUT2D eigenvalue weighted by molar-refractivity contribution is 5.39. The van der Waals surface area contributed by atoms with E-state index in [1.165, 1.54) is 5.56 Å². The summed E-state index contributed by atoms with van der Waals surface area (Å²) in [6.07, 6.45) is 1.39. The van der Waals surface area contributed by atoms with Crippen molar-refractivity contribution in [3.05, 3.63) is 29.8 Å². The molecule has 0 spiro atoms. The summed E-state index contributed by atoms with van der Waals surface area (Å²) in [6.45, 7) is 9.60. The van der Waals surface area contributed by atoms with E-state index in [0.717, 1.165) is 31.7 Å². The molecule has 0 saturated carbocycles. The molecular weight excluding hydrogens is 224 g/mol. The van der Waals surface area contributed by atoms with Gasteiger partial charge in [0, 0.05) is 25.3 Å². The van der Waals surface area contributed by atoms with Crippen molar-refractivity contribution in [2.24, 2.45) is 0 Å². The van der Waals surface area contributed by atoms with Crippen molar-refractivity contribution in [3.8, 4) is 0 Å². The number of nitrogens with zero attached hydrogens (tertiary/aromatic N) is 1. The van der Waals surface area contributed by atoms with Crippen LogP contribution in [0.2, 0.25) is 0 Å². The van der Waals surface area contributed by atoms with Gasteiger partial charge in [0.2, 0.25) is 0 Å². The summed E-state index contributed by atoms with van der Waals surface area (Å²) in [5, 5.41) is 0. The minimum absolute atomic E-state index is 0.0290. The Hall–Kier alpha value is -1.06. The van der Waals surface area contributed by atoms with E-state index in [4.69, 9.17) is 10.5 Å². The maximum atomic E-state index is 5.91. The van der Waals surface area contributed by atoms with Crippen LogP contribution in [0.25, 0.3) is 0 Å². The number of nitrogens with two attached hydrogens (primary N) is 1. The monoisotopic (exact) mass is 248 g/mol. The lowest BCUT2D eigenvalue weighted by Crippen LogP contribution is -2.52. The highest BCUT2D eigenvalue weighted by atomic mass is 16.5. The van der Waals surface area contributed by atoms with Crippen LogP contribution in [0.15, 0.2) is 24.3 Å². The number of rotatable bonds is 3. The molecule has 0 aliphatic carbocycles. The second-order valence-corrected chi connectivity index (χ2v) is 5.91. The lowest BCUT2D eigenvalue weighted by atomic mass is 10.0. The largest absolute Gasteiger partial charge is 0.399 e. The van der Waals surface area contributed by atoms with Crippen LogP contribution >= 0.6 is 0 Å². The quantitative estimate of drug-likeness (QED) is 0.834. The van der Waals surface area contributed by atoms with Gasteiger partial charge in [-0.15, -0.1) is 0 Å². The Morgan fingerprint density at radius 1 is 1.33 bits per heavy atom. The van der Waals surface area contributed by atoms with E-state index in [2.05, 4.69) is 37.8 Å². The van der Waals surface area contributed by atoms with E-state index >= 15 is 0 Å². The summed E-state index contributed by atoms with van der Waals surface area (Å²) in [6, 6.07) is 8.18. The van der Waals surface area contributed by atoms with Crippen molar-refractivity contribution in [1.29, 1.82) is 0 Å². The maximum absolute atomic E-state index is 5.91. The van der Waals surface area contributed by atoms with E-state index in [0.29, 0.717) is 6.10 Å². The molecule has 1 unspecified atom stereocenters. The van der Waals surface area contributed by atoms with Crippen molar-refractivity contribution in [3.63, 3.8) is 0 Å². The van der Waals surface area contributed by atoms with Crippen molar-refractivity contribution < 1.29 is 4.74 Å². The van der Waals surface area contributed by atoms with E-state index in [1.54, 1.807) is 0 Å². The molecule has 1 heterocycles. The number of anilines is 1. The Bertz CT molecular complexity index is 386. The summed E-state index contributed by atoms with van der Waals surface area (Å²) in [5.74, 6) is 0. The summed E-state index contributed by atoms with van der Waals surface area (Å²) in [7, 11) is 0. The fraction of sp³-hybridized carbons (Fsp3) is 0.600. The lowest BCUT2D eigenvalue weighted by Gasteiger charge is -2.41. The van der Waals surface area contributed by atoms with Gasteiger partial charge in [-0.05, 0) is 44.9 Å². The minimum Gasteiger partial charge on any atom is -0.399 e. The molecule has 1 aromatic carbocycles. The molecule has 1 fully saturated rings. The molecule has 0 amide bonds. The molecule has 18 heavy (non-hydrogen) atoms.